The molecule has 1 aliphatic rings. The van der Waals surface area contributed by atoms with Gasteiger partial charge in [0.2, 0.25) is 0 Å². The summed E-state index contributed by atoms with van der Waals surface area (Å²) in [5.41, 5.74) is 2.29. The molecule has 0 aliphatic carbocycles. The standard InChI is InChI=1S/C5H8N3O2/c1-2-3-7-5(9)4-8(10)6-7/h2,6H,1,3-4H2/q-1. The van der Waals surface area contributed by atoms with Gasteiger partial charge in [0, 0.05) is 0 Å². The highest BCUT2D eigenvalue weighted by Crippen LogP contribution is 1.96. The summed E-state index contributed by atoms with van der Waals surface area (Å²) >= 11 is 0. The lowest BCUT2D eigenvalue weighted by Gasteiger charge is -2.21. The SMILES string of the molecule is C=CCN1NN([O-])CC1=O. The Balaban J connectivity index is 2.46. The predicted octanol–water partition coefficient (Wildman–Crippen LogP) is -0.766. The number of rotatable bonds is 2. The Morgan fingerprint density at radius 1 is 1.90 bits per heavy atom. The molecule has 1 saturated heterocycles. The summed E-state index contributed by atoms with van der Waals surface area (Å²) in [6.45, 7) is 3.67. The van der Waals surface area contributed by atoms with Gasteiger partial charge in [-0.1, -0.05) is 6.08 Å². The Hall–Kier alpha value is -0.910. The van der Waals surface area contributed by atoms with Gasteiger partial charge in [0.05, 0.1) is 13.1 Å². The van der Waals surface area contributed by atoms with Crippen molar-refractivity contribution >= 4 is 5.91 Å². The zero-order valence-electron chi connectivity index (χ0n) is 5.41. The second-order valence-corrected chi connectivity index (χ2v) is 1.93. The molecular formula is C5H8N3O2-. The Morgan fingerprint density at radius 2 is 2.60 bits per heavy atom. The molecule has 1 N–H and O–H groups in total. The van der Waals surface area contributed by atoms with Gasteiger partial charge in [-0.3, -0.25) is 15.0 Å². The molecule has 0 saturated carbocycles. The Morgan fingerprint density at radius 3 is 3.00 bits per heavy atom. The van der Waals surface area contributed by atoms with Gasteiger partial charge in [0.25, 0.3) is 5.91 Å². The zero-order valence-corrected chi connectivity index (χ0v) is 5.41. The summed E-state index contributed by atoms with van der Waals surface area (Å²) in [6, 6.07) is 0. The molecule has 1 heterocycles. The third kappa shape index (κ3) is 1.32. The van der Waals surface area contributed by atoms with Crippen molar-refractivity contribution in [2.75, 3.05) is 13.1 Å². The largest absolute Gasteiger partial charge is 0.770 e. The van der Waals surface area contributed by atoms with Crippen LogP contribution in [-0.4, -0.2) is 29.2 Å². The van der Waals surface area contributed by atoms with E-state index in [9.17, 15) is 10.0 Å². The molecule has 0 aromatic rings. The van der Waals surface area contributed by atoms with Gasteiger partial charge >= 0.3 is 0 Å². The van der Waals surface area contributed by atoms with Crippen LogP contribution in [0.1, 0.15) is 0 Å². The van der Waals surface area contributed by atoms with E-state index in [2.05, 4.69) is 12.1 Å². The maximum absolute atomic E-state index is 10.7. The molecule has 1 amide bonds. The van der Waals surface area contributed by atoms with Crippen LogP contribution < -0.4 is 5.53 Å². The highest BCUT2D eigenvalue weighted by Gasteiger charge is 2.19. The van der Waals surface area contributed by atoms with Gasteiger partial charge in [0.15, 0.2) is 0 Å². The molecular weight excluding hydrogens is 134 g/mol. The first-order valence-electron chi connectivity index (χ1n) is 2.86. The second kappa shape index (κ2) is 2.78. The molecule has 1 fully saturated rings. The molecule has 5 nitrogen and oxygen atoms in total. The summed E-state index contributed by atoms with van der Waals surface area (Å²) < 4.78 is 0. The summed E-state index contributed by atoms with van der Waals surface area (Å²) in [4.78, 5) is 10.7. The van der Waals surface area contributed by atoms with Crippen molar-refractivity contribution in [2.45, 2.75) is 0 Å². The first kappa shape index (κ1) is 7.20. The van der Waals surface area contributed by atoms with Crippen molar-refractivity contribution in [3.8, 4) is 0 Å². The molecule has 1 aliphatic heterocycles. The molecule has 10 heavy (non-hydrogen) atoms. The quantitative estimate of drug-likeness (QED) is 0.514. The molecule has 5 heteroatoms. The Bertz CT molecular complexity index is 159. The monoisotopic (exact) mass is 142 g/mol. The third-order valence-electron chi connectivity index (χ3n) is 1.12. The second-order valence-electron chi connectivity index (χ2n) is 1.93. The lowest BCUT2D eigenvalue weighted by Crippen LogP contribution is -2.37. The van der Waals surface area contributed by atoms with E-state index in [0.717, 1.165) is 0 Å². The fourth-order valence-corrected chi connectivity index (χ4v) is 0.706. The van der Waals surface area contributed by atoms with E-state index in [4.69, 9.17) is 0 Å². The smallest absolute Gasteiger partial charge is 0.252 e. The van der Waals surface area contributed by atoms with Crippen molar-refractivity contribution < 1.29 is 4.79 Å². The average Bonchev–Trinajstić information content (AvgIpc) is 2.13. The fraction of sp³-hybridized carbons (Fsp3) is 0.400. The first-order valence-corrected chi connectivity index (χ1v) is 2.86. The van der Waals surface area contributed by atoms with Gasteiger partial charge in [-0.2, -0.15) is 5.53 Å². The van der Waals surface area contributed by atoms with E-state index in [1.807, 2.05) is 0 Å². The van der Waals surface area contributed by atoms with Gasteiger partial charge in [0.1, 0.15) is 0 Å². The van der Waals surface area contributed by atoms with E-state index in [1.165, 1.54) is 5.01 Å². The number of hydrogen-bond donors (Lipinski definition) is 1. The van der Waals surface area contributed by atoms with Gasteiger partial charge < -0.3 is 5.21 Å². The molecule has 0 unspecified atom stereocenters. The van der Waals surface area contributed by atoms with E-state index < -0.39 is 0 Å². The maximum atomic E-state index is 10.7. The maximum Gasteiger partial charge on any atom is 0.252 e. The zero-order chi connectivity index (χ0) is 7.56. The number of nitrogens with one attached hydrogen (secondary N) is 1. The molecule has 0 atom stereocenters. The van der Waals surface area contributed by atoms with Gasteiger partial charge in [-0.05, 0) is 0 Å². The number of hydrogen-bond acceptors (Lipinski definition) is 4. The normalized spacial score (nSPS) is 20.1. The van der Waals surface area contributed by atoms with Crippen LogP contribution in [0, 0.1) is 5.21 Å². The summed E-state index contributed by atoms with van der Waals surface area (Å²) in [6.07, 6.45) is 1.55. The average molecular weight is 142 g/mol. The van der Waals surface area contributed by atoms with Crippen molar-refractivity contribution in [3.63, 3.8) is 0 Å². The van der Waals surface area contributed by atoms with Crippen LogP contribution in [0.15, 0.2) is 12.7 Å². The number of hydroxylamine groups is 1. The minimum Gasteiger partial charge on any atom is -0.770 e. The molecule has 0 spiro atoms. The minimum absolute atomic E-state index is 0.117. The van der Waals surface area contributed by atoms with Crippen molar-refractivity contribution in [2.24, 2.45) is 0 Å². The number of nitrogens with zero attached hydrogens (tertiary/aromatic N) is 2. The van der Waals surface area contributed by atoms with Crippen LogP contribution in [0.3, 0.4) is 0 Å². The molecule has 0 radical (unpaired) electrons. The van der Waals surface area contributed by atoms with Crippen LogP contribution in [0.5, 0.6) is 0 Å². The lowest BCUT2D eigenvalue weighted by molar-refractivity contribution is -0.127. The first-order chi connectivity index (χ1) is 4.74. The molecule has 0 aromatic heterocycles. The number of amides is 1. The van der Waals surface area contributed by atoms with Crippen LogP contribution in [0.25, 0.3) is 0 Å². The highest BCUT2D eigenvalue weighted by atomic mass is 16.6. The molecule has 56 valence electrons. The summed E-state index contributed by atoms with van der Waals surface area (Å²) in [7, 11) is 0. The van der Waals surface area contributed by atoms with E-state index in [-0.39, 0.29) is 12.5 Å². The third-order valence-corrected chi connectivity index (χ3v) is 1.12. The van der Waals surface area contributed by atoms with E-state index >= 15 is 0 Å². The van der Waals surface area contributed by atoms with Crippen molar-refractivity contribution in [1.82, 2.24) is 15.7 Å². The van der Waals surface area contributed by atoms with Crippen LogP contribution in [0.4, 0.5) is 0 Å². The number of carbonyl (C=O) groups excluding carboxylic acids is 1. The molecule has 1 rings (SSSR count). The van der Waals surface area contributed by atoms with Crippen molar-refractivity contribution in [1.29, 1.82) is 0 Å². The van der Waals surface area contributed by atoms with E-state index in [0.29, 0.717) is 11.7 Å². The summed E-state index contributed by atoms with van der Waals surface area (Å²) in [5.74, 6) is -0.227. The Kier molecular flexibility index (Phi) is 2.00. The molecule has 0 aromatic carbocycles. The lowest BCUT2D eigenvalue weighted by atomic mass is 10.5. The highest BCUT2D eigenvalue weighted by molar-refractivity contribution is 5.79. The van der Waals surface area contributed by atoms with Crippen LogP contribution in [-0.2, 0) is 4.79 Å². The molecule has 0 bridgehead atoms. The minimum atomic E-state index is -0.227. The van der Waals surface area contributed by atoms with Crippen molar-refractivity contribution in [3.05, 3.63) is 17.9 Å². The number of carbonyl (C=O) groups is 1. The topological polar surface area (TPSA) is 58.6 Å². The van der Waals surface area contributed by atoms with Gasteiger partial charge in [-0.15, -0.1) is 6.58 Å². The van der Waals surface area contributed by atoms with Crippen LogP contribution >= 0.6 is 0 Å². The van der Waals surface area contributed by atoms with E-state index in [1.54, 1.807) is 6.08 Å². The fourth-order valence-electron chi connectivity index (χ4n) is 0.706. The van der Waals surface area contributed by atoms with Crippen LogP contribution in [0.2, 0.25) is 0 Å². The van der Waals surface area contributed by atoms with Gasteiger partial charge in [-0.25, -0.2) is 0 Å². The summed E-state index contributed by atoms with van der Waals surface area (Å²) in [5, 5.41) is 12.1. The predicted molar refractivity (Wildman–Crippen MR) is 35.1 cm³/mol. The Labute approximate surface area is 58.4 Å². The number of hydrazine groups is 2.